The van der Waals surface area contributed by atoms with Crippen LogP contribution in [0.1, 0.15) is 35.3 Å². The Labute approximate surface area is 134 Å². The van der Waals surface area contributed by atoms with Crippen molar-refractivity contribution >= 4 is 43.2 Å². The van der Waals surface area contributed by atoms with Crippen molar-refractivity contribution in [2.45, 2.75) is 32.9 Å². The zero-order chi connectivity index (χ0) is 13.8. The van der Waals surface area contributed by atoms with Crippen LogP contribution in [0.25, 0.3) is 0 Å². The van der Waals surface area contributed by atoms with Crippen LogP contribution in [-0.4, -0.2) is 4.98 Å². The standard InChI is InChI=1S/C14H16Br2N2S/c1-3-11-7-18-14(19-11)8-17-9(2)12-5-4-10(15)6-13(12)16/h4-7,9,17H,3,8H2,1-2H3. The van der Waals surface area contributed by atoms with E-state index in [2.05, 4.69) is 74.2 Å². The van der Waals surface area contributed by atoms with Crippen LogP contribution >= 0.6 is 43.2 Å². The van der Waals surface area contributed by atoms with Gasteiger partial charge in [-0.3, -0.25) is 0 Å². The van der Waals surface area contributed by atoms with Gasteiger partial charge in [-0.2, -0.15) is 0 Å². The molecular formula is C14H16Br2N2S. The Bertz CT molecular complexity index is 554. The van der Waals surface area contributed by atoms with E-state index in [0.717, 1.165) is 26.9 Å². The number of rotatable bonds is 5. The minimum atomic E-state index is 0.288. The summed E-state index contributed by atoms with van der Waals surface area (Å²) < 4.78 is 2.21. The third kappa shape index (κ3) is 4.12. The summed E-state index contributed by atoms with van der Waals surface area (Å²) >= 11 is 8.86. The van der Waals surface area contributed by atoms with E-state index in [0.29, 0.717) is 0 Å². The molecule has 0 bridgehead atoms. The molecule has 0 saturated carbocycles. The highest BCUT2D eigenvalue weighted by molar-refractivity contribution is 9.11. The monoisotopic (exact) mass is 402 g/mol. The van der Waals surface area contributed by atoms with Crippen LogP contribution in [0, 0.1) is 0 Å². The van der Waals surface area contributed by atoms with Gasteiger partial charge in [0.2, 0.25) is 0 Å². The largest absolute Gasteiger partial charge is 0.304 e. The molecule has 0 fully saturated rings. The fourth-order valence-corrected chi connectivity index (χ4v) is 4.00. The molecule has 19 heavy (non-hydrogen) atoms. The molecule has 0 amide bonds. The van der Waals surface area contributed by atoms with Gasteiger partial charge in [-0.25, -0.2) is 4.98 Å². The molecule has 5 heteroatoms. The van der Waals surface area contributed by atoms with Gasteiger partial charge in [0.15, 0.2) is 0 Å². The van der Waals surface area contributed by atoms with Gasteiger partial charge in [0.05, 0.1) is 0 Å². The third-order valence-electron chi connectivity index (χ3n) is 2.94. The molecule has 0 saturated heterocycles. The molecule has 2 rings (SSSR count). The molecule has 0 spiro atoms. The molecule has 0 aliphatic heterocycles. The minimum absolute atomic E-state index is 0.288. The van der Waals surface area contributed by atoms with Crippen molar-refractivity contribution in [3.63, 3.8) is 0 Å². The molecular weight excluding hydrogens is 388 g/mol. The van der Waals surface area contributed by atoms with Gasteiger partial charge < -0.3 is 5.32 Å². The number of aryl methyl sites for hydroxylation is 1. The maximum Gasteiger partial charge on any atom is 0.107 e. The van der Waals surface area contributed by atoms with Gasteiger partial charge in [-0.15, -0.1) is 11.3 Å². The van der Waals surface area contributed by atoms with E-state index >= 15 is 0 Å². The van der Waals surface area contributed by atoms with Crippen LogP contribution in [0.15, 0.2) is 33.3 Å². The average molecular weight is 404 g/mol. The summed E-state index contributed by atoms with van der Waals surface area (Å²) in [5, 5.41) is 4.67. The zero-order valence-electron chi connectivity index (χ0n) is 10.9. The normalized spacial score (nSPS) is 12.6. The van der Waals surface area contributed by atoms with Crippen molar-refractivity contribution in [1.29, 1.82) is 0 Å². The van der Waals surface area contributed by atoms with Crippen LogP contribution in [-0.2, 0) is 13.0 Å². The lowest BCUT2D eigenvalue weighted by molar-refractivity contribution is 0.571. The number of halogens is 2. The van der Waals surface area contributed by atoms with E-state index in [-0.39, 0.29) is 6.04 Å². The molecule has 0 aliphatic carbocycles. The summed E-state index contributed by atoms with van der Waals surface area (Å²) in [7, 11) is 0. The second-order valence-electron chi connectivity index (χ2n) is 4.34. The highest BCUT2D eigenvalue weighted by atomic mass is 79.9. The van der Waals surface area contributed by atoms with Gasteiger partial charge in [0.25, 0.3) is 0 Å². The summed E-state index contributed by atoms with van der Waals surface area (Å²) in [6.07, 6.45) is 3.04. The quantitative estimate of drug-likeness (QED) is 0.752. The molecule has 102 valence electrons. The Morgan fingerprint density at radius 2 is 2.16 bits per heavy atom. The fraction of sp³-hybridized carbons (Fsp3) is 0.357. The first-order valence-electron chi connectivity index (χ1n) is 6.22. The van der Waals surface area contributed by atoms with Crippen LogP contribution < -0.4 is 5.32 Å². The first-order chi connectivity index (χ1) is 9.10. The smallest absolute Gasteiger partial charge is 0.107 e. The molecule has 1 atom stereocenters. The molecule has 2 aromatic rings. The van der Waals surface area contributed by atoms with Crippen LogP contribution in [0.5, 0.6) is 0 Å². The maximum absolute atomic E-state index is 4.43. The molecule has 1 aromatic carbocycles. The highest BCUT2D eigenvalue weighted by Crippen LogP contribution is 2.27. The Kier molecular flexibility index (Phi) is 5.57. The molecule has 2 nitrogen and oxygen atoms in total. The van der Waals surface area contributed by atoms with Crippen LogP contribution in [0.2, 0.25) is 0 Å². The lowest BCUT2D eigenvalue weighted by Crippen LogP contribution is -2.18. The Morgan fingerprint density at radius 3 is 2.79 bits per heavy atom. The van der Waals surface area contributed by atoms with Crippen molar-refractivity contribution < 1.29 is 0 Å². The number of hydrogen-bond donors (Lipinski definition) is 1. The van der Waals surface area contributed by atoms with Crippen molar-refractivity contribution in [2.75, 3.05) is 0 Å². The Balaban J connectivity index is 1.98. The molecule has 1 heterocycles. The predicted octanol–water partition coefficient (Wildman–Crippen LogP) is 5.08. The summed E-state index contributed by atoms with van der Waals surface area (Å²) in [6.45, 7) is 5.14. The van der Waals surface area contributed by atoms with E-state index < -0.39 is 0 Å². The Morgan fingerprint density at radius 1 is 1.37 bits per heavy atom. The molecule has 0 aliphatic rings. The first kappa shape index (κ1) is 15.2. The molecule has 1 N–H and O–H groups in total. The van der Waals surface area contributed by atoms with Crippen LogP contribution in [0.3, 0.4) is 0 Å². The van der Waals surface area contributed by atoms with Gasteiger partial charge >= 0.3 is 0 Å². The zero-order valence-corrected chi connectivity index (χ0v) is 14.9. The molecule has 1 aromatic heterocycles. The van der Waals surface area contributed by atoms with E-state index in [1.165, 1.54) is 10.4 Å². The summed E-state index contributed by atoms with van der Waals surface area (Å²) in [6, 6.07) is 6.56. The maximum atomic E-state index is 4.43. The van der Waals surface area contributed by atoms with Crippen molar-refractivity contribution in [3.8, 4) is 0 Å². The number of nitrogens with one attached hydrogen (secondary N) is 1. The van der Waals surface area contributed by atoms with Gasteiger partial charge in [0.1, 0.15) is 5.01 Å². The second kappa shape index (κ2) is 6.97. The summed E-state index contributed by atoms with van der Waals surface area (Å²) in [5.41, 5.74) is 1.26. The van der Waals surface area contributed by atoms with E-state index in [1.807, 2.05) is 6.20 Å². The van der Waals surface area contributed by atoms with E-state index in [1.54, 1.807) is 11.3 Å². The number of hydrogen-bond acceptors (Lipinski definition) is 3. The van der Waals surface area contributed by atoms with E-state index in [4.69, 9.17) is 0 Å². The summed E-state index contributed by atoms with van der Waals surface area (Å²) in [4.78, 5) is 5.77. The number of aromatic nitrogens is 1. The third-order valence-corrected chi connectivity index (χ3v) is 5.26. The van der Waals surface area contributed by atoms with Crippen LogP contribution in [0.4, 0.5) is 0 Å². The van der Waals surface area contributed by atoms with Crippen molar-refractivity contribution in [1.82, 2.24) is 10.3 Å². The number of benzene rings is 1. The molecule has 1 unspecified atom stereocenters. The minimum Gasteiger partial charge on any atom is -0.304 e. The Hall–Kier alpha value is -0.230. The first-order valence-corrected chi connectivity index (χ1v) is 8.62. The topological polar surface area (TPSA) is 24.9 Å². The second-order valence-corrected chi connectivity index (χ2v) is 7.31. The average Bonchev–Trinajstić information content (AvgIpc) is 2.84. The highest BCUT2D eigenvalue weighted by Gasteiger charge is 2.10. The van der Waals surface area contributed by atoms with Gasteiger partial charge in [-0.1, -0.05) is 44.8 Å². The predicted molar refractivity (Wildman–Crippen MR) is 88.6 cm³/mol. The molecule has 0 radical (unpaired) electrons. The fourth-order valence-electron chi connectivity index (χ4n) is 1.80. The van der Waals surface area contributed by atoms with Crippen molar-refractivity contribution in [2.24, 2.45) is 0 Å². The SMILES string of the molecule is CCc1cnc(CNC(C)c2ccc(Br)cc2Br)s1. The lowest BCUT2D eigenvalue weighted by Gasteiger charge is -2.15. The number of thiazole rings is 1. The summed E-state index contributed by atoms with van der Waals surface area (Å²) in [5.74, 6) is 0. The van der Waals surface area contributed by atoms with Crippen molar-refractivity contribution in [3.05, 3.63) is 48.8 Å². The van der Waals surface area contributed by atoms with E-state index in [9.17, 15) is 0 Å². The van der Waals surface area contributed by atoms with Gasteiger partial charge in [0, 0.05) is 32.6 Å². The lowest BCUT2D eigenvalue weighted by atomic mass is 10.1. The number of nitrogens with zero attached hydrogens (tertiary/aromatic N) is 1. The van der Waals surface area contributed by atoms with Gasteiger partial charge in [-0.05, 0) is 31.0 Å².